The molecular formula is C8H10ClNO. The van der Waals surface area contributed by atoms with Crippen molar-refractivity contribution in [2.24, 2.45) is 0 Å². The SMILES string of the molecule is CC(C)(O)c1ccncc1Cl. The first kappa shape index (κ1) is 8.50. The third-order valence-electron chi connectivity index (χ3n) is 1.43. The van der Waals surface area contributed by atoms with Gasteiger partial charge in [0.2, 0.25) is 0 Å². The molecule has 60 valence electrons. The van der Waals surface area contributed by atoms with Crippen LogP contribution in [0.1, 0.15) is 19.4 Å². The molecule has 0 aliphatic heterocycles. The number of hydrogen-bond donors (Lipinski definition) is 1. The van der Waals surface area contributed by atoms with Crippen molar-refractivity contribution >= 4 is 11.6 Å². The van der Waals surface area contributed by atoms with E-state index >= 15 is 0 Å². The zero-order valence-electron chi connectivity index (χ0n) is 6.50. The van der Waals surface area contributed by atoms with E-state index < -0.39 is 5.60 Å². The third kappa shape index (κ3) is 1.91. The van der Waals surface area contributed by atoms with E-state index in [2.05, 4.69) is 4.98 Å². The molecule has 0 aliphatic carbocycles. The number of halogens is 1. The van der Waals surface area contributed by atoms with Crippen LogP contribution in [0.3, 0.4) is 0 Å². The maximum absolute atomic E-state index is 9.56. The van der Waals surface area contributed by atoms with Gasteiger partial charge in [-0.1, -0.05) is 11.6 Å². The lowest BCUT2D eigenvalue weighted by Crippen LogP contribution is -2.15. The van der Waals surface area contributed by atoms with Crippen LogP contribution in [0, 0.1) is 0 Å². The molecule has 0 amide bonds. The molecular weight excluding hydrogens is 162 g/mol. The van der Waals surface area contributed by atoms with Crippen molar-refractivity contribution in [3.63, 3.8) is 0 Å². The van der Waals surface area contributed by atoms with E-state index in [1.165, 1.54) is 6.20 Å². The molecule has 0 aliphatic rings. The summed E-state index contributed by atoms with van der Waals surface area (Å²) < 4.78 is 0. The van der Waals surface area contributed by atoms with Crippen molar-refractivity contribution in [1.29, 1.82) is 0 Å². The Balaban J connectivity index is 3.14. The second-order valence-corrected chi connectivity index (χ2v) is 3.32. The van der Waals surface area contributed by atoms with Crippen molar-refractivity contribution in [2.75, 3.05) is 0 Å². The maximum Gasteiger partial charge on any atom is 0.0856 e. The predicted molar refractivity (Wildman–Crippen MR) is 44.5 cm³/mol. The molecule has 1 aromatic heterocycles. The molecule has 3 heteroatoms. The number of rotatable bonds is 1. The first-order valence-electron chi connectivity index (χ1n) is 3.34. The number of aromatic nitrogens is 1. The second kappa shape index (κ2) is 2.80. The Hall–Kier alpha value is -0.600. The molecule has 2 nitrogen and oxygen atoms in total. The van der Waals surface area contributed by atoms with Crippen LogP contribution in [0.25, 0.3) is 0 Å². The zero-order valence-corrected chi connectivity index (χ0v) is 7.26. The van der Waals surface area contributed by atoms with Crippen LogP contribution in [-0.4, -0.2) is 10.1 Å². The van der Waals surface area contributed by atoms with Gasteiger partial charge in [0.1, 0.15) is 0 Å². The molecule has 0 spiro atoms. The summed E-state index contributed by atoms with van der Waals surface area (Å²) >= 11 is 5.79. The highest BCUT2D eigenvalue weighted by atomic mass is 35.5. The van der Waals surface area contributed by atoms with Gasteiger partial charge in [-0.05, 0) is 19.9 Å². The van der Waals surface area contributed by atoms with Gasteiger partial charge in [0.25, 0.3) is 0 Å². The zero-order chi connectivity index (χ0) is 8.48. The van der Waals surface area contributed by atoms with E-state index in [4.69, 9.17) is 11.6 Å². The van der Waals surface area contributed by atoms with Crippen molar-refractivity contribution in [2.45, 2.75) is 19.4 Å². The fraction of sp³-hybridized carbons (Fsp3) is 0.375. The van der Waals surface area contributed by atoms with Crippen molar-refractivity contribution in [1.82, 2.24) is 4.98 Å². The maximum atomic E-state index is 9.56. The molecule has 1 rings (SSSR count). The minimum absolute atomic E-state index is 0.500. The van der Waals surface area contributed by atoms with Crippen LogP contribution in [0.15, 0.2) is 18.5 Å². The van der Waals surface area contributed by atoms with Gasteiger partial charge in [0.05, 0.1) is 10.6 Å². The molecule has 1 heterocycles. The number of hydrogen-bond acceptors (Lipinski definition) is 2. The summed E-state index contributed by atoms with van der Waals surface area (Å²) in [6.45, 7) is 3.38. The van der Waals surface area contributed by atoms with Gasteiger partial charge in [0, 0.05) is 18.0 Å². The molecule has 11 heavy (non-hydrogen) atoms. The Labute approximate surface area is 70.8 Å². The Morgan fingerprint density at radius 2 is 2.18 bits per heavy atom. The van der Waals surface area contributed by atoms with Gasteiger partial charge in [0.15, 0.2) is 0 Å². The minimum atomic E-state index is -0.889. The summed E-state index contributed by atoms with van der Waals surface area (Å²) in [5, 5.41) is 10.1. The van der Waals surface area contributed by atoms with Crippen molar-refractivity contribution < 1.29 is 5.11 Å². The highest BCUT2D eigenvalue weighted by molar-refractivity contribution is 6.31. The van der Waals surface area contributed by atoms with Gasteiger partial charge in [-0.3, -0.25) is 4.98 Å². The standard InChI is InChI=1S/C8H10ClNO/c1-8(2,11)6-3-4-10-5-7(6)9/h3-5,11H,1-2H3. The Kier molecular flexibility index (Phi) is 2.16. The average Bonchev–Trinajstić information content (AvgIpc) is 1.86. The summed E-state index contributed by atoms with van der Waals surface area (Å²) in [6, 6.07) is 1.71. The summed E-state index contributed by atoms with van der Waals surface area (Å²) in [5.41, 5.74) is -0.186. The number of aliphatic hydroxyl groups is 1. The lowest BCUT2D eigenvalue weighted by molar-refractivity contribution is 0.0786. The van der Waals surface area contributed by atoms with E-state index in [1.54, 1.807) is 26.1 Å². The second-order valence-electron chi connectivity index (χ2n) is 2.91. The molecule has 0 atom stereocenters. The topological polar surface area (TPSA) is 33.1 Å². The highest BCUT2D eigenvalue weighted by Crippen LogP contribution is 2.25. The lowest BCUT2D eigenvalue weighted by Gasteiger charge is -2.18. The van der Waals surface area contributed by atoms with Gasteiger partial charge in [-0.25, -0.2) is 0 Å². The molecule has 1 aromatic rings. The van der Waals surface area contributed by atoms with Gasteiger partial charge in [-0.15, -0.1) is 0 Å². The van der Waals surface area contributed by atoms with Crippen LogP contribution in [-0.2, 0) is 5.60 Å². The average molecular weight is 172 g/mol. The summed E-state index contributed by atoms with van der Waals surface area (Å²) in [5.74, 6) is 0. The van der Waals surface area contributed by atoms with Crippen LogP contribution in [0.5, 0.6) is 0 Å². The van der Waals surface area contributed by atoms with Crippen molar-refractivity contribution in [3.8, 4) is 0 Å². The van der Waals surface area contributed by atoms with Crippen LogP contribution in [0.4, 0.5) is 0 Å². The lowest BCUT2D eigenvalue weighted by atomic mass is 10.0. The Morgan fingerprint density at radius 1 is 1.55 bits per heavy atom. The highest BCUT2D eigenvalue weighted by Gasteiger charge is 2.18. The molecule has 0 saturated carbocycles. The smallest absolute Gasteiger partial charge is 0.0856 e. The first-order valence-corrected chi connectivity index (χ1v) is 3.72. The normalized spacial score (nSPS) is 11.6. The van der Waals surface area contributed by atoms with Crippen LogP contribution in [0.2, 0.25) is 5.02 Å². The monoisotopic (exact) mass is 171 g/mol. The van der Waals surface area contributed by atoms with E-state index in [0.29, 0.717) is 10.6 Å². The Morgan fingerprint density at radius 3 is 2.55 bits per heavy atom. The fourth-order valence-corrected chi connectivity index (χ4v) is 1.22. The number of nitrogens with zero attached hydrogens (tertiary/aromatic N) is 1. The van der Waals surface area contributed by atoms with Gasteiger partial charge in [-0.2, -0.15) is 0 Å². The molecule has 1 N–H and O–H groups in total. The van der Waals surface area contributed by atoms with Crippen LogP contribution < -0.4 is 0 Å². The molecule has 0 saturated heterocycles. The molecule has 0 radical (unpaired) electrons. The van der Waals surface area contributed by atoms with Crippen molar-refractivity contribution in [3.05, 3.63) is 29.0 Å². The third-order valence-corrected chi connectivity index (χ3v) is 1.73. The quantitative estimate of drug-likeness (QED) is 0.701. The fourth-order valence-electron chi connectivity index (χ4n) is 0.871. The van der Waals surface area contributed by atoms with E-state index in [1.807, 2.05) is 0 Å². The van der Waals surface area contributed by atoms with Gasteiger partial charge >= 0.3 is 0 Å². The van der Waals surface area contributed by atoms with Gasteiger partial charge < -0.3 is 5.11 Å². The first-order chi connectivity index (χ1) is 5.02. The van der Waals surface area contributed by atoms with E-state index in [0.717, 1.165) is 0 Å². The minimum Gasteiger partial charge on any atom is -0.386 e. The number of pyridine rings is 1. The molecule has 0 fully saturated rings. The van der Waals surface area contributed by atoms with E-state index in [9.17, 15) is 5.11 Å². The molecule has 0 bridgehead atoms. The predicted octanol–water partition coefficient (Wildman–Crippen LogP) is 1.96. The van der Waals surface area contributed by atoms with Crippen LogP contribution >= 0.6 is 11.6 Å². The molecule has 0 unspecified atom stereocenters. The summed E-state index contributed by atoms with van der Waals surface area (Å²) in [4.78, 5) is 3.82. The largest absolute Gasteiger partial charge is 0.386 e. The Bertz CT molecular complexity index is 255. The summed E-state index contributed by atoms with van der Waals surface area (Å²) in [6.07, 6.45) is 3.13. The van der Waals surface area contributed by atoms with E-state index in [-0.39, 0.29) is 0 Å². The summed E-state index contributed by atoms with van der Waals surface area (Å²) in [7, 11) is 0. The molecule has 0 aromatic carbocycles.